The quantitative estimate of drug-likeness (QED) is 0.616. The summed E-state index contributed by atoms with van der Waals surface area (Å²) in [6.07, 6.45) is 0. The van der Waals surface area contributed by atoms with Crippen LogP contribution in [-0.4, -0.2) is 7.11 Å². The van der Waals surface area contributed by atoms with E-state index in [9.17, 15) is 0 Å². The summed E-state index contributed by atoms with van der Waals surface area (Å²) in [6.45, 7) is 0. The topological polar surface area (TPSA) is 9.23 Å². The molecule has 0 saturated heterocycles. The van der Waals surface area contributed by atoms with Crippen molar-refractivity contribution in [1.82, 2.24) is 0 Å². The van der Waals surface area contributed by atoms with Gasteiger partial charge in [-0.2, -0.15) is 0 Å². The molecule has 0 aliphatic heterocycles. The summed E-state index contributed by atoms with van der Waals surface area (Å²) in [7, 11) is 1.66. The highest BCUT2D eigenvalue weighted by molar-refractivity contribution is 5.71. The minimum atomic E-state index is 0.843. The van der Waals surface area contributed by atoms with E-state index >= 15 is 0 Å². The fourth-order valence-electron chi connectivity index (χ4n) is 2.28. The van der Waals surface area contributed by atoms with Gasteiger partial charge in [0.25, 0.3) is 0 Å². The van der Waals surface area contributed by atoms with Gasteiger partial charge in [0, 0.05) is 11.1 Å². The Labute approximate surface area is 131 Å². The van der Waals surface area contributed by atoms with Crippen LogP contribution in [-0.2, 0) is 0 Å². The van der Waals surface area contributed by atoms with E-state index in [1.54, 1.807) is 7.11 Å². The van der Waals surface area contributed by atoms with Crippen LogP contribution in [0.25, 0.3) is 11.1 Å². The molecule has 3 aromatic carbocycles. The van der Waals surface area contributed by atoms with Crippen LogP contribution in [0.1, 0.15) is 11.1 Å². The van der Waals surface area contributed by atoms with Crippen LogP contribution in [0.3, 0.4) is 0 Å². The summed E-state index contributed by atoms with van der Waals surface area (Å²) in [4.78, 5) is 0. The van der Waals surface area contributed by atoms with Crippen molar-refractivity contribution >= 4 is 0 Å². The van der Waals surface area contributed by atoms with Crippen molar-refractivity contribution in [3.63, 3.8) is 0 Å². The molecule has 0 heterocycles. The SMILES string of the molecule is COc1ccc(C#Cc2ccccc2-c2ccccc2)cc1. The van der Waals surface area contributed by atoms with Gasteiger partial charge in [-0.1, -0.05) is 60.4 Å². The fraction of sp³-hybridized carbons (Fsp3) is 0.0476. The molecule has 0 saturated carbocycles. The van der Waals surface area contributed by atoms with E-state index in [0.717, 1.165) is 22.4 Å². The molecule has 0 N–H and O–H groups in total. The Morgan fingerprint density at radius 2 is 1.36 bits per heavy atom. The standard InChI is InChI=1S/C21H16O/c1-22-20-15-12-17(13-16-20)11-14-19-9-5-6-10-21(19)18-7-3-2-4-8-18/h2-10,12-13,15-16H,1H3. The van der Waals surface area contributed by atoms with Gasteiger partial charge in [-0.25, -0.2) is 0 Å². The van der Waals surface area contributed by atoms with E-state index in [0.29, 0.717) is 0 Å². The molecule has 106 valence electrons. The second-order valence-corrected chi connectivity index (χ2v) is 4.89. The van der Waals surface area contributed by atoms with E-state index in [-0.39, 0.29) is 0 Å². The van der Waals surface area contributed by atoms with E-state index in [4.69, 9.17) is 4.74 Å². The lowest BCUT2D eigenvalue weighted by Crippen LogP contribution is -1.84. The maximum atomic E-state index is 5.16. The van der Waals surface area contributed by atoms with Gasteiger partial charge in [-0.15, -0.1) is 0 Å². The monoisotopic (exact) mass is 284 g/mol. The predicted octanol–water partition coefficient (Wildman–Crippen LogP) is 4.76. The van der Waals surface area contributed by atoms with Crippen LogP contribution >= 0.6 is 0 Å². The second kappa shape index (κ2) is 6.65. The summed E-state index contributed by atoms with van der Waals surface area (Å²) in [6, 6.07) is 26.3. The average Bonchev–Trinajstić information content (AvgIpc) is 2.61. The van der Waals surface area contributed by atoms with E-state index < -0.39 is 0 Å². The molecule has 0 radical (unpaired) electrons. The van der Waals surface area contributed by atoms with Crippen LogP contribution in [0.2, 0.25) is 0 Å². The molecule has 0 aromatic heterocycles. The van der Waals surface area contributed by atoms with Crippen molar-refractivity contribution in [1.29, 1.82) is 0 Å². The third kappa shape index (κ3) is 3.19. The van der Waals surface area contributed by atoms with Gasteiger partial charge in [0.1, 0.15) is 5.75 Å². The highest BCUT2D eigenvalue weighted by Crippen LogP contribution is 2.22. The van der Waals surface area contributed by atoms with Gasteiger partial charge in [0.2, 0.25) is 0 Å². The molecule has 1 heteroatoms. The molecule has 0 unspecified atom stereocenters. The molecule has 3 rings (SSSR count). The molecule has 0 spiro atoms. The molecule has 0 aliphatic rings. The molecule has 22 heavy (non-hydrogen) atoms. The molecular weight excluding hydrogens is 268 g/mol. The lowest BCUT2D eigenvalue weighted by atomic mass is 10.00. The molecule has 3 aromatic rings. The smallest absolute Gasteiger partial charge is 0.118 e. The second-order valence-electron chi connectivity index (χ2n) is 4.89. The summed E-state index contributed by atoms with van der Waals surface area (Å²) in [5.74, 6) is 7.33. The van der Waals surface area contributed by atoms with Crippen molar-refractivity contribution < 1.29 is 4.74 Å². The zero-order chi connectivity index (χ0) is 15.2. The maximum Gasteiger partial charge on any atom is 0.118 e. The number of methoxy groups -OCH3 is 1. The average molecular weight is 284 g/mol. The molecular formula is C21H16O. The minimum absolute atomic E-state index is 0.843. The minimum Gasteiger partial charge on any atom is -0.497 e. The first-order chi connectivity index (χ1) is 10.9. The Bertz CT molecular complexity index is 806. The van der Waals surface area contributed by atoms with E-state index in [2.05, 4.69) is 36.1 Å². The Morgan fingerprint density at radius 3 is 2.09 bits per heavy atom. The van der Waals surface area contributed by atoms with Gasteiger partial charge < -0.3 is 4.74 Å². The first-order valence-electron chi connectivity index (χ1n) is 7.17. The van der Waals surface area contributed by atoms with Crippen LogP contribution in [0.15, 0.2) is 78.9 Å². The predicted molar refractivity (Wildman–Crippen MR) is 90.9 cm³/mol. The van der Waals surface area contributed by atoms with Crippen LogP contribution < -0.4 is 4.74 Å². The van der Waals surface area contributed by atoms with Crippen molar-refractivity contribution in [2.45, 2.75) is 0 Å². The molecule has 0 fully saturated rings. The maximum absolute atomic E-state index is 5.16. The lowest BCUT2D eigenvalue weighted by Gasteiger charge is -2.04. The number of ether oxygens (including phenoxy) is 1. The third-order valence-electron chi connectivity index (χ3n) is 3.44. The number of benzene rings is 3. The van der Waals surface area contributed by atoms with Crippen LogP contribution in [0.4, 0.5) is 0 Å². The first kappa shape index (κ1) is 14.0. The molecule has 0 amide bonds. The van der Waals surface area contributed by atoms with Crippen LogP contribution in [0, 0.1) is 11.8 Å². The van der Waals surface area contributed by atoms with Crippen molar-refractivity contribution in [2.75, 3.05) is 7.11 Å². The zero-order valence-electron chi connectivity index (χ0n) is 12.4. The van der Waals surface area contributed by atoms with E-state index in [1.807, 2.05) is 54.6 Å². The number of hydrogen-bond acceptors (Lipinski definition) is 1. The number of hydrogen-bond donors (Lipinski definition) is 0. The number of rotatable bonds is 2. The Kier molecular flexibility index (Phi) is 4.22. The largest absolute Gasteiger partial charge is 0.497 e. The van der Waals surface area contributed by atoms with Gasteiger partial charge >= 0.3 is 0 Å². The summed E-state index contributed by atoms with van der Waals surface area (Å²) in [5.41, 5.74) is 4.35. The third-order valence-corrected chi connectivity index (χ3v) is 3.44. The zero-order valence-corrected chi connectivity index (χ0v) is 12.4. The lowest BCUT2D eigenvalue weighted by molar-refractivity contribution is 0.415. The summed E-state index contributed by atoms with van der Waals surface area (Å²) < 4.78 is 5.16. The Balaban J connectivity index is 1.95. The van der Waals surface area contributed by atoms with E-state index in [1.165, 1.54) is 5.56 Å². The normalized spacial score (nSPS) is 9.68. The molecule has 0 atom stereocenters. The Hall–Kier alpha value is -2.98. The highest BCUT2D eigenvalue weighted by atomic mass is 16.5. The summed E-state index contributed by atoms with van der Waals surface area (Å²) >= 11 is 0. The first-order valence-corrected chi connectivity index (χ1v) is 7.17. The molecule has 0 aliphatic carbocycles. The van der Waals surface area contributed by atoms with Crippen molar-refractivity contribution in [3.05, 3.63) is 90.0 Å². The highest BCUT2D eigenvalue weighted by Gasteiger charge is 2.01. The van der Waals surface area contributed by atoms with Gasteiger partial charge in [0.15, 0.2) is 0 Å². The molecule has 1 nitrogen and oxygen atoms in total. The summed E-state index contributed by atoms with van der Waals surface area (Å²) in [5, 5.41) is 0. The van der Waals surface area contributed by atoms with Gasteiger partial charge in [-0.05, 0) is 41.5 Å². The molecule has 0 bridgehead atoms. The Morgan fingerprint density at radius 1 is 0.682 bits per heavy atom. The fourth-order valence-corrected chi connectivity index (χ4v) is 2.28. The van der Waals surface area contributed by atoms with Crippen LogP contribution in [0.5, 0.6) is 5.75 Å². The van der Waals surface area contributed by atoms with Gasteiger partial charge in [0.05, 0.1) is 7.11 Å². The van der Waals surface area contributed by atoms with Gasteiger partial charge in [-0.3, -0.25) is 0 Å². The van der Waals surface area contributed by atoms with Crippen molar-refractivity contribution in [3.8, 4) is 28.7 Å². The van der Waals surface area contributed by atoms with Crippen molar-refractivity contribution in [2.24, 2.45) is 0 Å².